The van der Waals surface area contributed by atoms with E-state index in [4.69, 9.17) is 4.74 Å². The minimum atomic E-state index is -0.302. The van der Waals surface area contributed by atoms with Crippen LogP contribution in [-0.2, 0) is 9.53 Å². The molecular formula is C12H18N4O2. The average molecular weight is 250 g/mol. The van der Waals surface area contributed by atoms with Crippen molar-refractivity contribution in [3.05, 3.63) is 11.6 Å². The molecule has 6 heteroatoms. The number of rotatable bonds is 2. The zero-order valence-electron chi connectivity index (χ0n) is 10.8. The predicted molar refractivity (Wildman–Crippen MR) is 64.0 cm³/mol. The van der Waals surface area contributed by atoms with Gasteiger partial charge >= 0.3 is 0 Å². The third kappa shape index (κ3) is 1.80. The lowest BCUT2D eigenvalue weighted by Gasteiger charge is -2.39. The van der Waals surface area contributed by atoms with E-state index in [1.807, 2.05) is 18.7 Å². The van der Waals surface area contributed by atoms with Crippen molar-refractivity contribution in [1.82, 2.24) is 20.1 Å². The van der Waals surface area contributed by atoms with Crippen molar-refractivity contribution < 1.29 is 9.53 Å². The Morgan fingerprint density at radius 3 is 2.89 bits per heavy atom. The summed E-state index contributed by atoms with van der Waals surface area (Å²) in [6.07, 6.45) is 0.944. The molecule has 0 saturated carbocycles. The number of hydrogen-bond acceptors (Lipinski definition) is 4. The number of likely N-dealkylation sites (tertiary alicyclic amines) is 1. The zero-order valence-corrected chi connectivity index (χ0v) is 10.8. The van der Waals surface area contributed by atoms with Gasteiger partial charge in [-0.3, -0.25) is 9.89 Å². The summed E-state index contributed by atoms with van der Waals surface area (Å²) in [6.45, 7) is 6.49. The Balaban J connectivity index is 1.66. The molecule has 2 saturated heterocycles. The molecule has 18 heavy (non-hydrogen) atoms. The van der Waals surface area contributed by atoms with E-state index in [1.165, 1.54) is 0 Å². The first kappa shape index (κ1) is 11.6. The van der Waals surface area contributed by atoms with Gasteiger partial charge in [0.05, 0.1) is 18.6 Å². The number of H-pyrrole nitrogens is 1. The molecule has 2 fully saturated rings. The Morgan fingerprint density at radius 1 is 1.56 bits per heavy atom. The first-order valence-corrected chi connectivity index (χ1v) is 6.34. The van der Waals surface area contributed by atoms with Gasteiger partial charge < -0.3 is 9.64 Å². The molecule has 3 rings (SSSR count). The fourth-order valence-corrected chi connectivity index (χ4v) is 2.61. The standard InChI is InChI=1S/C12H18N4O2/c1-8-13-10(15-14-8)9-3-4-16(5-9)11(17)12(2)6-18-7-12/h9H,3-7H2,1-2H3,(H,13,14,15). The molecule has 1 aromatic heterocycles. The number of aromatic nitrogens is 3. The summed E-state index contributed by atoms with van der Waals surface area (Å²) in [4.78, 5) is 18.6. The molecule has 0 spiro atoms. The normalized spacial score (nSPS) is 26.1. The van der Waals surface area contributed by atoms with Gasteiger partial charge in [-0.25, -0.2) is 4.98 Å². The van der Waals surface area contributed by atoms with Gasteiger partial charge in [0.2, 0.25) is 5.91 Å². The Bertz CT molecular complexity index is 466. The molecule has 0 radical (unpaired) electrons. The van der Waals surface area contributed by atoms with Crippen LogP contribution in [0.2, 0.25) is 0 Å². The molecule has 0 aromatic carbocycles. The second-order valence-corrected chi connectivity index (χ2v) is 5.57. The van der Waals surface area contributed by atoms with Crippen LogP contribution in [0.3, 0.4) is 0 Å². The number of nitrogens with one attached hydrogen (secondary N) is 1. The second-order valence-electron chi connectivity index (χ2n) is 5.57. The minimum Gasteiger partial charge on any atom is -0.379 e. The van der Waals surface area contributed by atoms with E-state index in [9.17, 15) is 4.79 Å². The van der Waals surface area contributed by atoms with E-state index in [0.29, 0.717) is 13.2 Å². The summed E-state index contributed by atoms with van der Waals surface area (Å²) in [6, 6.07) is 0. The topological polar surface area (TPSA) is 71.1 Å². The molecule has 1 atom stereocenters. The number of carbonyl (C=O) groups excluding carboxylic acids is 1. The lowest BCUT2D eigenvalue weighted by atomic mass is 9.87. The molecule has 2 aliphatic heterocycles. The summed E-state index contributed by atoms with van der Waals surface area (Å²) in [7, 11) is 0. The zero-order chi connectivity index (χ0) is 12.8. The quantitative estimate of drug-likeness (QED) is 0.828. The minimum absolute atomic E-state index is 0.212. The van der Waals surface area contributed by atoms with Crippen LogP contribution < -0.4 is 0 Å². The van der Waals surface area contributed by atoms with Crippen molar-refractivity contribution in [3.63, 3.8) is 0 Å². The first-order chi connectivity index (χ1) is 8.58. The van der Waals surface area contributed by atoms with Crippen LogP contribution in [0.1, 0.15) is 30.9 Å². The number of amides is 1. The Labute approximate surface area is 106 Å². The highest BCUT2D eigenvalue weighted by Crippen LogP contribution is 2.33. The highest BCUT2D eigenvalue weighted by atomic mass is 16.5. The van der Waals surface area contributed by atoms with E-state index in [2.05, 4.69) is 15.2 Å². The molecule has 6 nitrogen and oxygen atoms in total. The highest BCUT2D eigenvalue weighted by Gasteiger charge is 2.45. The van der Waals surface area contributed by atoms with Crippen molar-refractivity contribution in [2.45, 2.75) is 26.2 Å². The number of aromatic amines is 1. The number of hydrogen-bond donors (Lipinski definition) is 1. The molecule has 2 aliphatic rings. The van der Waals surface area contributed by atoms with Crippen molar-refractivity contribution in [3.8, 4) is 0 Å². The third-order valence-electron chi connectivity index (χ3n) is 3.81. The SMILES string of the molecule is Cc1nc(C2CCN(C(=O)C3(C)COC3)C2)n[nH]1. The fourth-order valence-electron chi connectivity index (χ4n) is 2.61. The van der Waals surface area contributed by atoms with E-state index in [1.54, 1.807) is 0 Å². The van der Waals surface area contributed by atoms with Crippen LogP contribution >= 0.6 is 0 Å². The van der Waals surface area contributed by atoms with Gasteiger partial charge in [-0.2, -0.15) is 5.10 Å². The third-order valence-corrected chi connectivity index (χ3v) is 3.81. The summed E-state index contributed by atoms with van der Waals surface area (Å²) >= 11 is 0. The van der Waals surface area contributed by atoms with E-state index < -0.39 is 0 Å². The van der Waals surface area contributed by atoms with E-state index >= 15 is 0 Å². The Hall–Kier alpha value is -1.43. The van der Waals surface area contributed by atoms with Crippen LogP contribution in [0.15, 0.2) is 0 Å². The maximum atomic E-state index is 12.3. The fraction of sp³-hybridized carbons (Fsp3) is 0.750. The van der Waals surface area contributed by atoms with Crippen molar-refractivity contribution in [2.24, 2.45) is 5.41 Å². The summed E-state index contributed by atoms with van der Waals surface area (Å²) in [5, 5.41) is 7.05. The summed E-state index contributed by atoms with van der Waals surface area (Å²) in [5.74, 6) is 2.14. The monoisotopic (exact) mass is 250 g/mol. The first-order valence-electron chi connectivity index (χ1n) is 6.34. The predicted octanol–water partition coefficient (Wildman–Crippen LogP) is 0.466. The van der Waals surface area contributed by atoms with Crippen molar-refractivity contribution >= 4 is 5.91 Å². The molecule has 1 unspecified atom stereocenters. The van der Waals surface area contributed by atoms with Crippen LogP contribution in [-0.4, -0.2) is 52.3 Å². The van der Waals surface area contributed by atoms with Crippen molar-refractivity contribution in [2.75, 3.05) is 26.3 Å². The van der Waals surface area contributed by atoms with Gasteiger partial charge in [-0.1, -0.05) is 0 Å². The largest absolute Gasteiger partial charge is 0.379 e. The van der Waals surface area contributed by atoms with Gasteiger partial charge in [0.15, 0.2) is 5.82 Å². The molecule has 1 amide bonds. The Kier molecular flexibility index (Phi) is 2.62. The Morgan fingerprint density at radius 2 is 2.33 bits per heavy atom. The van der Waals surface area contributed by atoms with Gasteiger partial charge in [0, 0.05) is 19.0 Å². The van der Waals surface area contributed by atoms with Crippen LogP contribution in [0, 0.1) is 12.3 Å². The van der Waals surface area contributed by atoms with Gasteiger partial charge in [0.1, 0.15) is 5.82 Å². The van der Waals surface area contributed by atoms with Gasteiger partial charge in [-0.15, -0.1) is 0 Å². The number of carbonyl (C=O) groups is 1. The van der Waals surface area contributed by atoms with Gasteiger partial charge in [0.25, 0.3) is 0 Å². The summed E-state index contributed by atoms with van der Waals surface area (Å²) in [5.41, 5.74) is -0.302. The molecule has 98 valence electrons. The molecule has 1 N–H and O–H groups in total. The van der Waals surface area contributed by atoms with Crippen LogP contribution in [0.25, 0.3) is 0 Å². The number of ether oxygens (including phenoxy) is 1. The average Bonchev–Trinajstić information content (AvgIpc) is 2.93. The van der Waals surface area contributed by atoms with Gasteiger partial charge in [-0.05, 0) is 20.3 Å². The smallest absolute Gasteiger partial charge is 0.233 e. The second kappa shape index (κ2) is 4.05. The molecule has 3 heterocycles. The van der Waals surface area contributed by atoms with Crippen LogP contribution in [0.4, 0.5) is 0 Å². The highest BCUT2D eigenvalue weighted by molar-refractivity contribution is 5.83. The number of aryl methyl sites for hydroxylation is 1. The summed E-state index contributed by atoms with van der Waals surface area (Å²) < 4.78 is 5.16. The maximum Gasteiger partial charge on any atom is 0.233 e. The molecule has 1 aromatic rings. The maximum absolute atomic E-state index is 12.3. The van der Waals surface area contributed by atoms with Crippen LogP contribution in [0.5, 0.6) is 0 Å². The molecule has 0 bridgehead atoms. The lowest BCUT2D eigenvalue weighted by molar-refractivity contribution is -0.167. The number of nitrogens with zero attached hydrogens (tertiary/aromatic N) is 3. The van der Waals surface area contributed by atoms with E-state index in [-0.39, 0.29) is 17.2 Å². The lowest BCUT2D eigenvalue weighted by Crippen LogP contribution is -2.52. The molecular weight excluding hydrogens is 232 g/mol. The molecule has 0 aliphatic carbocycles. The van der Waals surface area contributed by atoms with E-state index in [0.717, 1.165) is 31.2 Å². The van der Waals surface area contributed by atoms with Crippen molar-refractivity contribution in [1.29, 1.82) is 0 Å².